The van der Waals surface area contributed by atoms with Crippen molar-refractivity contribution in [1.82, 2.24) is 5.32 Å². The summed E-state index contributed by atoms with van der Waals surface area (Å²) in [6.07, 6.45) is 6.90. The van der Waals surface area contributed by atoms with E-state index in [1.165, 1.54) is 32.1 Å². The van der Waals surface area contributed by atoms with Crippen molar-refractivity contribution in [1.29, 1.82) is 0 Å². The number of hydrogen-bond donors (Lipinski definition) is 1. The Balaban J connectivity index is 1.89. The zero-order valence-corrected chi connectivity index (χ0v) is 13.0. The van der Waals surface area contributed by atoms with Gasteiger partial charge in [0, 0.05) is 19.0 Å². The second-order valence-electron chi connectivity index (χ2n) is 5.53. The number of ketones is 1. The van der Waals surface area contributed by atoms with Gasteiger partial charge in [0.25, 0.3) is 0 Å². The lowest BCUT2D eigenvalue weighted by Gasteiger charge is -2.22. The maximum Gasteiger partial charge on any atom is 0.168 e. The van der Waals surface area contributed by atoms with Gasteiger partial charge >= 0.3 is 0 Å². The molecule has 0 saturated heterocycles. The summed E-state index contributed by atoms with van der Waals surface area (Å²) in [7, 11) is 3.18. The van der Waals surface area contributed by atoms with Crippen LogP contribution >= 0.6 is 0 Å². The van der Waals surface area contributed by atoms with E-state index in [4.69, 9.17) is 9.47 Å². The molecule has 0 radical (unpaired) electrons. The van der Waals surface area contributed by atoms with Crippen LogP contribution in [0.4, 0.5) is 0 Å². The fourth-order valence-electron chi connectivity index (χ4n) is 2.86. The van der Waals surface area contributed by atoms with Crippen molar-refractivity contribution in [3.8, 4) is 11.5 Å². The molecule has 0 amide bonds. The highest BCUT2D eigenvalue weighted by Gasteiger charge is 2.16. The molecule has 21 heavy (non-hydrogen) atoms. The van der Waals surface area contributed by atoms with Crippen molar-refractivity contribution in [2.24, 2.45) is 0 Å². The first kappa shape index (κ1) is 15.8. The molecule has 0 bridgehead atoms. The highest BCUT2D eigenvalue weighted by Crippen LogP contribution is 2.25. The van der Waals surface area contributed by atoms with E-state index in [1.807, 2.05) is 0 Å². The zero-order valence-electron chi connectivity index (χ0n) is 13.0. The first-order valence-electron chi connectivity index (χ1n) is 7.73. The molecular formula is C17H25NO3. The summed E-state index contributed by atoms with van der Waals surface area (Å²) < 4.78 is 10.4. The summed E-state index contributed by atoms with van der Waals surface area (Å²) in [6.45, 7) is 0.726. The summed E-state index contributed by atoms with van der Waals surface area (Å²) in [5.41, 5.74) is 0.599. The van der Waals surface area contributed by atoms with Crippen molar-refractivity contribution in [3.05, 3.63) is 23.8 Å². The molecule has 1 aliphatic carbocycles. The number of nitrogens with one attached hydrogen (secondary N) is 1. The molecule has 0 aliphatic heterocycles. The lowest BCUT2D eigenvalue weighted by molar-refractivity contribution is 0.0977. The van der Waals surface area contributed by atoms with Gasteiger partial charge in [0.15, 0.2) is 5.78 Å². The lowest BCUT2D eigenvalue weighted by atomic mass is 9.95. The topological polar surface area (TPSA) is 47.6 Å². The normalized spacial score (nSPS) is 15.7. The van der Waals surface area contributed by atoms with E-state index in [0.29, 0.717) is 29.5 Å². The third-order valence-electron chi connectivity index (χ3n) is 4.10. The molecule has 0 unspecified atom stereocenters. The van der Waals surface area contributed by atoms with Crippen molar-refractivity contribution in [2.75, 3.05) is 20.8 Å². The second kappa shape index (κ2) is 8.03. The quantitative estimate of drug-likeness (QED) is 0.784. The molecule has 1 saturated carbocycles. The standard InChI is InChI=1S/C17H25NO3/c1-20-14-8-9-17(21-2)15(12-14)16(19)10-11-18-13-6-4-3-5-7-13/h8-9,12-13,18H,3-7,10-11H2,1-2H3. The van der Waals surface area contributed by atoms with E-state index >= 15 is 0 Å². The van der Waals surface area contributed by atoms with Gasteiger partial charge in [-0.05, 0) is 31.0 Å². The van der Waals surface area contributed by atoms with Crippen LogP contribution in [0.3, 0.4) is 0 Å². The van der Waals surface area contributed by atoms with E-state index in [9.17, 15) is 4.79 Å². The number of rotatable bonds is 7. The third kappa shape index (κ3) is 4.46. The monoisotopic (exact) mass is 291 g/mol. The number of methoxy groups -OCH3 is 2. The van der Waals surface area contributed by atoms with Crippen LogP contribution < -0.4 is 14.8 Å². The highest BCUT2D eigenvalue weighted by atomic mass is 16.5. The predicted octanol–water partition coefficient (Wildman–Crippen LogP) is 3.20. The van der Waals surface area contributed by atoms with Gasteiger partial charge in [-0.2, -0.15) is 0 Å². The van der Waals surface area contributed by atoms with Crippen molar-refractivity contribution in [2.45, 2.75) is 44.6 Å². The minimum Gasteiger partial charge on any atom is -0.497 e. The summed E-state index contributed by atoms with van der Waals surface area (Å²) >= 11 is 0. The average molecular weight is 291 g/mol. The minimum absolute atomic E-state index is 0.0917. The van der Waals surface area contributed by atoms with Gasteiger partial charge in [-0.1, -0.05) is 19.3 Å². The third-order valence-corrected chi connectivity index (χ3v) is 4.10. The fraction of sp³-hybridized carbons (Fsp3) is 0.588. The summed E-state index contributed by atoms with van der Waals surface area (Å²) in [5, 5.41) is 3.50. The number of benzene rings is 1. The minimum atomic E-state index is 0.0917. The van der Waals surface area contributed by atoms with E-state index < -0.39 is 0 Å². The van der Waals surface area contributed by atoms with Gasteiger partial charge < -0.3 is 14.8 Å². The molecular weight excluding hydrogens is 266 g/mol. The van der Waals surface area contributed by atoms with Gasteiger partial charge in [0.1, 0.15) is 11.5 Å². The van der Waals surface area contributed by atoms with Crippen molar-refractivity contribution < 1.29 is 14.3 Å². The molecule has 116 valence electrons. The number of carbonyl (C=O) groups is 1. The Morgan fingerprint density at radius 1 is 1.19 bits per heavy atom. The molecule has 1 fully saturated rings. The van der Waals surface area contributed by atoms with Gasteiger partial charge in [-0.3, -0.25) is 4.79 Å². The van der Waals surface area contributed by atoms with Gasteiger partial charge in [-0.15, -0.1) is 0 Å². The number of ether oxygens (including phenoxy) is 2. The Morgan fingerprint density at radius 3 is 2.62 bits per heavy atom. The SMILES string of the molecule is COc1ccc(OC)c(C(=O)CCNC2CCCCC2)c1. The van der Waals surface area contributed by atoms with Crippen LogP contribution in [-0.2, 0) is 0 Å². The highest BCUT2D eigenvalue weighted by molar-refractivity contribution is 5.99. The van der Waals surface area contributed by atoms with Crippen LogP contribution in [0.1, 0.15) is 48.9 Å². The van der Waals surface area contributed by atoms with Crippen LogP contribution in [0.25, 0.3) is 0 Å². The molecule has 0 spiro atoms. The molecule has 0 atom stereocenters. The Morgan fingerprint density at radius 2 is 1.95 bits per heavy atom. The fourth-order valence-corrected chi connectivity index (χ4v) is 2.86. The number of carbonyl (C=O) groups excluding carboxylic acids is 1. The van der Waals surface area contributed by atoms with Gasteiger partial charge in [0.2, 0.25) is 0 Å². The zero-order chi connectivity index (χ0) is 15.1. The molecule has 0 heterocycles. The van der Waals surface area contributed by atoms with E-state index in [2.05, 4.69) is 5.32 Å². The molecule has 4 heteroatoms. The van der Waals surface area contributed by atoms with Crippen molar-refractivity contribution in [3.63, 3.8) is 0 Å². The molecule has 1 aliphatic rings. The van der Waals surface area contributed by atoms with Crippen molar-refractivity contribution >= 4 is 5.78 Å². The Kier molecular flexibility index (Phi) is 6.05. The molecule has 1 N–H and O–H groups in total. The number of Topliss-reactive ketones (excluding diaryl/α,β-unsaturated/α-hetero) is 1. The lowest BCUT2D eigenvalue weighted by Crippen LogP contribution is -2.32. The second-order valence-corrected chi connectivity index (χ2v) is 5.53. The van der Waals surface area contributed by atoms with Crippen LogP contribution in [0.2, 0.25) is 0 Å². The largest absolute Gasteiger partial charge is 0.497 e. The summed E-state index contributed by atoms with van der Waals surface area (Å²) in [6, 6.07) is 5.91. The molecule has 2 rings (SSSR count). The maximum atomic E-state index is 12.4. The summed E-state index contributed by atoms with van der Waals surface area (Å²) in [4.78, 5) is 12.4. The van der Waals surface area contributed by atoms with Crippen LogP contribution in [-0.4, -0.2) is 32.6 Å². The first-order valence-corrected chi connectivity index (χ1v) is 7.73. The van der Waals surface area contributed by atoms with E-state index in [1.54, 1.807) is 32.4 Å². The average Bonchev–Trinajstić information content (AvgIpc) is 2.55. The number of hydrogen-bond acceptors (Lipinski definition) is 4. The Bertz CT molecular complexity index is 467. The van der Waals surface area contributed by atoms with Crippen LogP contribution in [0.5, 0.6) is 11.5 Å². The molecule has 4 nitrogen and oxygen atoms in total. The van der Waals surface area contributed by atoms with Gasteiger partial charge in [0.05, 0.1) is 19.8 Å². The smallest absolute Gasteiger partial charge is 0.168 e. The van der Waals surface area contributed by atoms with Gasteiger partial charge in [-0.25, -0.2) is 0 Å². The Hall–Kier alpha value is -1.55. The predicted molar refractivity (Wildman–Crippen MR) is 83.4 cm³/mol. The Labute approximate surface area is 126 Å². The molecule has 1 aromatic rings. The van der Waals surface area contributed by atoms with E-state index in [-0.39, 0.29) is 5.78 Å². The van der Waals surface area contributed by atoms with E-state index in [0.717, 1.165) is 6.54 Å². The molecule has 1 aromatic carbocycles. The molecule has 0 aromatic heterocycles. The summed E-state index contributed by atoms with van der Waals surface area (Å²) in [5.74, 6) is 1.38. The first-order chi connectivity index (χ1) is 10.2. The van der Waals surface area contributed by atoms with Crippen LogP contribution in [0, 0.1) is 0 Å². The maximum absolute atomic E-state index is 12.4. The van der Waals surface area contributed by atoms with Crippen LogP contribution in [0.15, 0.2) is 18.2 Å².